The maximum Gasteiger partial charge on any atom is 0.161 e. The van der Waals surface area contributed by atoms with Crippen molar-refractivity contribution >= 4 is 0 Å². The Balaban J connectivity index is 1.88. The lowest BCUT2D eigenvalue weighted by molar-refractivity contribution is 0.171. The van der Waals surface area contributed by atoms with Crippen molar-refractivity contribution in [1.29, 1.82) is 0 Å². The van der Waals surface area contributed by atoms with Gasteiger partial charge in [0.15, 0.2) is 11.5 Å². The monoisotopic (exact) mass is 264 g/mol. The van der Waals surface area contributed by atoms with Crippen LogP contribution in [-0.2, 0) is 6.54 Å². The zero-order chi connectivity index (χ0) is 13.7. The maximum absolute atomic E-state index is 5.64. The van der Waals surface area contributed by atoms with Gasteiger partial charge in [0.25, 0.3) is 0 Å². The zero-order valence-electron chi connectivity index (χ0n) is 11.9. The van der Waals surface area contributed by atoms with Gasteiger partial charge >= 0.3 is 0 Å². The highest BCUT2D eigenvalue weighted by Gasteiger charge is 2.12. The van der Waals surface area contributed by atoms with Crippen LogP contribution in [0.2, 0.25) is 0 Å². The van der Waals surface area contributed by atoms with Gasteiger partial charge in [-0.3, -0.25) is 0 Å². The Bertz CT molecular complexity index is 409. The number of rotatable bonds is 6. The maximum atomic E-state index is 5.64. The number of hydrogen-bond acceptors (Lipinski definition) is 4. The van der Waals surface area contributed by atoms with Gasteiger partial charge in [-0.1, -0.05) is 13.0 Å². The van der Waals surface area contributed by atoms with E-state index in [0.29, 0.717) is 19.1 Å². The van der Waals surface area contributed by atoms with Gasteiger partial charge in [-0.25, -0.2) is 0 Å². The summed E-state index contributed by atoms with van der Waals surface area (Å²) in [6, 6.07) is 6.19. The Morgan fingerprint density at radius 1 is 1.26 bits per heavy atom. The first-order chi connectivity index (χ1) is 9.19. The Hall–Kier alpha value is -1.26. The molecule has 0 saturated heterocycles. The smallest absolute Gasteiger partial charge is 0.161 e. The van der Waals surface area contributed by atoms with Gasteiger partial charge in [-0.15, -0.1) is 0 Å². The Morgan fingerprint density at radius 3 is 2.74 bits per heavy atom. The third-order valence-electron chi connectivity index (χ3n) is 3.47. The molecule has 0 saturated carbocycles. The molecule has 0 amide bonds. The summed E-state index contributed by atoms with van der Waals surface area (Å²) in [5.74, 6) is 2.31. The summed E-state index contributed by atoms with van der Waals surface area (Å²) in [6.07, 6.45) is 1.14. The predicted molar refractivity (Wildman–Crippen MR) is 76.6 cm³/mol. The molecule has 19 heavy (non-hydrogen) atoms. The SMILES string of the molecule is CC(CN)CCN(C)Cc1ccc2c(c1)OCCO2. The topological polar surface area (TPSA) is 47.7 Å². The van der Waals surface area contributed by atoms with E-state index >= 15 is 0 Å². The average Bonchev–Trinajstić information content (AvgIpc) is 2.44. The van der Waals surface area contributed by atoms with Gasteiger partial charge in [0.1, 0.15) is 13.2 Å². The lowest BCUT2D eigenvalue weighted by atomic mass is 10.1. The molecule has 1 aliphatic heterocycles. The zero-order valence-corrected chi connectivity index (χ0v) is 11.9. The quantitative estimate of drug-likeness (QED) is 0.852. The molecule has 4 nitrogen and oxygen atoms in total. The van der Waals surface area contributed by atoms with Gasteiger partial charge in [-0.2, -0.15) is 0 Å². The van der Waals surface area contributed by atoms with E-state index in [2.05, 4.69) is 31.0 Å². The van der Waals surface area contributed by atoms with Gasteiger partial charge in [0.2, 0.25) is 0 Å². The molecular formula is C15H24N2O2. The Morgan fingerprint density at radius 2 is 2.00 bits per heavy atom. The number of fused-ring (bicyclic) bond motifs is 1. The van der Waals surface area contributed by atoms with Crippen LogP contribution in [0.15, 0.2) is 18.2 Å². The standard InChI is InChI=1S/C15H24N2O2/c1-12(10-16)5-6-17(2)11-13-3-4-14-15(9-13)19-8-7-18-14/h3-4,9,12H,5-8,10-11,16H2,1-2H3. The van der Waals surface area contributed by atoms with Gasteiger partial charge in [0.05, 0.1) is 0 Å². The first-order valence-electron chi connectivity index (χ1n) is 6.96. The molecule has 1 unspecified atom stereocenters. The molecule has 2 N–H and O–H groups in total. The fraction of sp³-hybridized carbons (Fsp3) is 0.600. The van der Waals surface area contributed by atoms with Gasteiger partial charge < -0.3 is 20.1 Å². The van der Waals surface area contributed by atoms with E-state index < -0.39 is 0 Å². The highest BCUT2D eigenvalue weighted by Crippen LogP contribution is 2.31. The van der Waals surface area contributed by atoms with Crippen LogP contribution in [0.4, 0.5) is 0 Å². The molecular weight excluding hydrogens is 240 g/mol. The highest BCUT2D eigenvalue weighted by atomic mass is 16.6. The molecule has 1 aromatic rings. The molecule has 0 radical (unpaired) electrons. The van der Waals surface area contributed by atoms with Crippen molar-refractivity contribution in [1.82, 2.24) is 4.90 Å². The van der Waals surface area contributed by atoms with Crippen molar-refractivity contribution in [2.45, 2.75) is 19.9 Å². The number of hydrogen-bond donors (Lipinski definition) is 1. The first-order valence-corrected chi connectivity index (χ1v) is 6.96. The summed E-state index contributed by atoms with van der Waals surface area (Å²) < 4.78 is 11.1. The third-order valence-corrected chi connectivity index (χ3v) is 3.47. The lowest BCUT2D eigenvalue weighted by Crippen LogP contribution is -2.23. The molecule has 2 rings (SSSR count). The predicted octanol–water partition coefficient (Wildman–Crippen LogP) is 1.87. The lowest BCUT2D eigenvalue weighted by Gasteiger charge is -2.21. The molecule has 1 aromatic carbocycles. The number of nitrogens with two attached hydrogens (primary N) is 1. The third kappa shape index (κ3) is 4.11. The molecule has 1 heterocycles. The van der Waals surface area contributed by atoms with Crippen LogP contribution in [0.3, 0.4) is 0 Å². The van der Waals surface area contributed by atoms with Crippen LogP contribution < -0.4 is 15.2 Å². The summed E-state index contributed by atoms with van der Waals surface area (Å²) in [4.78, 5) is 2.32. The average molecular weight is 264 g/mol. The largest absolute Gasteiger partial charge is 0.486 e. The highest BCUT2D eigenvalue weighted by molar-refractivity contribution is 5.43. The molecule has 0 fully saturated rings. The van der Waals surface area contributed by atoms with Crippen molar-refractivity contribution in [3.63, 3.8) is 0 Å². The summed E-state index contributed by atoms with van der Waals surface area (Å²) in [7, 11) is 2.14. The van der Waals surface area contributed by atoms with E-state index in [-0.39, 0.29) is 0 Å². The fourth-order valence-corrected chi connectivity index (χ4v) is 2.14. The summed E-state index contributed by atoms with van der Waals surface area (Å²) in [6.45, 7) is 6.22. The second-order valence-electron chi connectivity index (χ2n) is 5.35. The van der Waals surface area contributed by atoms with E-state index in [4.69, 9.17) is 15.2 Å². The Labute approximate surface area is 115 Å². The van der Waals surface area contributed by atoms with E-state index in [1.54, 1.807) is 0 Å². The normalized spacial score (nSPS) is 15.6. The van der Waals surface area contributed by atoms with Crippen molar-refractivity contribution in [2.24, 2.45) is 11.7 Å². The molecule has 0 aliphatic carbocycles. The summed E-state index contributed by atoms with van der Waals surface area (Å²) >= 11 is 0. The minimum atomic E-state index is 0.586. The van der Waals surface area contributed by atoms with E-state index in [1.165, 1.54) is 5.56 Å². The Kier molecular flexibility index (Phi) is 5.05. The van der Waals surface area contributed by atoms with Gasteiger partial charge in [-0.05, 0) is 50.2 Å². The molecule has 0 aromatic heterocycles. The molecule has 1 aliphatic rings. The molecule has 1 atom stereocenters. The van der Waals surface area contributed by atoms with Crippen molar-refractivity contribution < 1.29 is 9.47 Å². The second-order valence-corrected chi connectivity index (χ2v) is 5.35. The second kappa shape index (κ2) is 6.78. The van der Waals surface area contributed by atoms with Gasteiger partial charge in [0, 0.05) is 6.54 Å². The minimum absolute atomic E-state index is 0.586. The van der Waals surface area contributed by atoms with Crippen molar-refractivity contribution in [3.8, 4) is 11.5 Å². The van der Waals surface area contributed by atoms with Crippen LogP contribution in [-0.4, -0.2) is 38.3 Å². The number of ether oxygens (including phenoxy) is 2. The van der Waals surface area contributed by atoms with Crippen LogP contribution in [0.5, 0.6) is 11.5 Å². The van der Waals surface area contributed by atoms with Crippen LogP contribution >= 0.6 is 0 Å². The first kappa shape index (κ1) is 14.2. The molecule has 0 spiro atoms. The summed E-state index contributed by atoms with van der Waals surface area (Å²) in [5, 5.41) is 0. The van der Waals surface area contributed by atoms with Crippen LogP contribution in [0.1, 0.15) is 18.9 Å². The van der Waals surface area contributed by atoms with E-state index in [0.717, 1.165) is 37.6 Å². The number of nitrogens with zero attached hydrogens (tertiary/aromatic N) is 1. The molecule has 0 bridgehead atoms. The molecule has 4 heteroatoms. The fourth-order valence-electron chi connectivity index (χ4n) is 2.14. The van der Waals surface area contributed by atoms with Crippen molar-refractivity contribution in [2.75, 3.05) is 33.4 Å². The van der Waals surface area contributed by atoms with Crippen molar-refractivity contribution in [3.05, 3.63) is 23.8 Å². The molecule has 106 valence electrons. The summed E-state index contributed by atoms with van der Waals surface area (Å²) in [5.41, 5.74) is 6.89. The number of benzene rings is 1. The van der Waals surface area contributed by atoms with E-state index in [9.17, 15) is 0 Å². The van der Waals surface area contributed by atoms with Crippen LogP contribution in [0.25, 0.3) is 0 Å². The van der Waals surface area contributed by atoms with E-state index in [1.807, 2.05) is 6.07 Å². The van der Waals surface area contributed by atoms with Crippen LogP contribution in [0, 0.1) is 5.92 Å². The minimum Gasteiger partial charge on any atom is -0.486 e.